The molecule has 0 bridgehead atoms. The van der Waals surface area contributed by atoms with E-state index < -0.39 is 12.0 Å². The number of esters is 1. The Bertz CT molecular complexity index is 704. The van der Waals surface area contributed by atoms with E-state index in [4.69, 9.17) is 11.6 Å². The minimum absolute atomic E-state index is 0.297. The highest BCUT2D eigenvalue weighted by molar-refractivity contribution is 9.10. The number of carbonyl (C=O) groups is 2. The summed E-state index contributed by atoms with van der Waals surface area (Å²) in [5, 5.41) is 5.57. The van der Waals surface area contributed by atoms with Crippen molar-refractivity contribution < 1.29 is 14.3 Å². The summed E-state index contributed by atoms with van der Waals surface area (Å²) in [4.78, 5) is 23.4. The molecule has 2 rings (SSSR count). The lowest BCUT2D eigenvalue weighted by atomic mass is 10.2. The molecule has 5 nitrogen and oxygen atoms in total. The minimum Gasteiger partial charge on any atom is -0.465 e. The number of ether oxygens (including phenoxy) is 1. The SMILES string of the molecule is COC(=O)c1ccc(Cl)c(NC(=O)Nc2ccc(Br)cc2)c1. The second kappa shape index (κ2) is 7.29. The molecule has 0 aliphatic heterocycles. The van der Waals surface area contributed by atoms with Gasteiger partial charge in [0.2, 0.25) is 0 Å². The van der Waals surface area contributed by atoms with E-state index in [-0.39, 0.29) is 0 Å². The zero-order chi connectivity index (χ0) is 16.1. The fraction of sp³-hybridized carbons (Fsp3) is 0.0667. The maximum atomic E-state index is 12.0. The number of carbonyl (C=O) groups excluding carboxylic acids is 2. The van der Waals surface area contributed by atoms with E-state index in [1.54, 1.807) is 24.3 Å². The van der Waals surface area contributed by atoms with Gasteiger partial charge < -0.3 is 15.4 Å². The molecule has 0 radical (unpaired) electrons. The highest BCUT2D eigenvalue weighted by atomic mass is 79.9. The van der Waals surface area contributed by atoms with Crippen LogP contribution in [0.1, 0.15) is 10.4 Å². The fourth-order valence-electron chi connectivity index (χ4n) is 1.68. The number of hydrogen-bond acceptors (Lipinski definition) is 3. The van der Waals surface area contributed by atoms with Crippen molar-refractivity contribution in [3.05, 3.63) is 57.5 Å². The highest BCUT2D eigenvalue weighted by Crippen LogP contribution is 2.24. The van der Waals surface area contributed by atoms with Gasteiger partial charge in [0.1, 0.15) is 0 Å². The first kappa shape index (κ1) is 16.3. The van der Waals surface area contributed by atoms with Crippen LogP contribution < -0.4 is 10.6 Å². The fourth-order valence-corrected chi connectivity index (χ4v) is 2.11. The summed E-state index contributed by atoms with van der Waals surface area (Å²) in [6, 6.07) is 11.1. The van der Waals surface area contributed by atoms with Crippen LogP contribution in [0.15, 0.2) is 46.9 Å². The quantitative estimate of drug-likeness (QED) is 0.765. The average Bonchev–Trinajstić information content (AvgIpc) is 2.51. The van der Waals surface area contributed by atoms with E-state index in [0.29, 0.717) is 22.0 Å². The Morgan fingerprint density at radius 3 is 2.41 bits per heavy atom. The third-order valence-electron chi connectivity index (χ3n) is 2.74. The number of nitrogens with one attached hydrogen (secondary N) is 2. The molecule has 0 aliphatic carbocycles. The molecule has 2 aromatic rings. The van der Waals surface area contributed by atoms with Crippen molar-refractivity contribution in [1.82, 2.24) is 0 Å². The first-order chi connectivity index (χ1) is 10.5. The molecule has 2 aromatic carbocycles. The molecule has 0 fully saturated rings. The second-order valence-electron chi connectivity index (χ2n) is 4.27. The van der Waals surface area contributed by atoms with Crippen LogP contribution in [0, 0.1) is 0 Å². The Hall–Kier alpha value is -2.05. The summed E-state index contributed by atoms with van der Waals surface area (Å²) in [5.41, 5.74) is 1.24. The molecule has 0 heterocycles. The predicted molar refractivity (Wildman–Crippen MR) is 89.6 cm³/mol. The zero-order valence-corrected chi connectivity index (χ0v) is 13.9. The Morgan fingerprint density at radius 1 is 1.09 bits per heavy atom. The first-order valence-electron chi connectivity index (χ1n) is 6.21. The number of amides is 2. The normalized spacial score (nSPS) is 9.95. The molecule has 2 N–H and O–H groups in total. The summed E-state index contributed by atoms with van der Waals surface area (Å²) in [6.07, 6.45) is 0. The van der Waals surface area contributed by atoms with Gasteiger partial charge in [-0.05, 0) is 42.5 Å². The molecule has 0 atom stereocenters. The molecular formula is C15H12BrClN2O3. The Balaban J connectivity index is 2.10. The van der Waals surface area contributed by atoms with Crippen LogP contribution in [-0.2, 0) is 4.74 Å². The van der Waals surface area contributed by atoms with E-state index in [9.17, 15) is 9.59 Å². The minimum atomic E-state index is -0.506. The van der Waals surface area contributed by atoms with Gasteiger partial charge in [-0.3, -0.25) is 0 Å². The van der Waals surface area contributed by atoms with Gasteiger partial charge in [0, 0.05) is 10.2 Å². The lowest BCUT2D eigenvalue weighted by Gasteiger charge is -2.10. The number of anilines is 2. The molecule has 114 valence electrons. The van der Waals surface area contributed by atoms with Crippen molar-refractivity contribution >= 4 is 50.9 Å². The third kappa shape index (κ3) is 4.22. The standard InChI is InChI=1S/C15H12BrClN2O3/c1-22-14(20)9-2-7-12(17)13(8-9)19-15(21)18-11-5-3-10(16)4-6-11/h2-8H,1H3,(H2,18,19,21). The molecule has 0 spiro atoms. The van der Waals surface area contributed by atoms with Gasteiger partial charge in [-0.1, -0.05) is 27.5 Å². The molecule has 7 heteroatoms. The first-order valence-corrected chi connectivity index (χ1v) is 7.38. The molecule has 0 aliphatic rings. The van der Waals surface area contributed by atoms with Crippen LogP contribution in [0.25, 0.3) is 0 Å². The zero-order valence-electron chi connectivity index (χ0n) is 11.5. The number of rotatable bonds is 3. The van der Waals surface area contributed by atoms with E-state index in [1.165, 1.54) is 25.3 Å². The lowest BCUT2D eigenvalue weighted by molar-refractivity contribution is 0.0601. The van der Waals surface area contributed by atoms with Crippen molar-refractivity contribution in [3.63, 3.8) is 0 Å². The maximum absolute atomic E-state index is 12.0. The second-order valence-corrected chi connectivity index (χ2v) is 5.60. The van der Waals surface area contributed by atoms with Gasteiger partial charge in [-0.2, -0.15) is 0 Å². The van der Waals surface area contributed by atoms with Gasteiger partial charge in [0.25, 0.3) is 0 Å². The summed E-state index contributed by atoms with van der Waals surface area (Å²) in [7, 11) is 1.28. The van der Waals surface area contributed by atoms with E-state index in [1.807, 2.05) is 0 Å². The molecule has 0 saturated heterocycles. The number of halogens is 2. The third-order valence-corrected chi connectivity index (χ3v) is 3.60. The predicted octanol–water partition coefficient (Wildman–Crippen LogP) is 4.53. The van der Waals surface area contributed by atoms with Gasteiger partial charge >= 0.3 is 12.0 Å². The van der Waals surface area contributed by atoms with Crippen LogP contribution in [0.3, 0.4) is 0 Å². The molecular weight excluding hydrogens is 372 g/mol. The monoisotopic (exact) mass is 382 g/mol. The van der Waals surface area contributed by atoms with Crippen molar-refractivity contribution in [1.29, 1.82) is 0 Å². The molecule has 0 unspecified atom stereocenters. The number of methoxy groups -OCH3 is 1. The molecule has 22 heavy (non-hydrogen) atoms. The molecule has 0 aromatic heterocycles. The van der Waals surface area contributed by atoms with E-state index in [2.05, 4.69) is 31.3 Å². The molecule has 2 amide bonds. The Morgan fingerprint density at radius 2 is 1.77 bits per heavy atom. The van der Waals surface area contributed by atoms with Crippen molar-refractivity contribution in [2.75, 3.05) is 17.7 Å². The van der Waals surface area contributed by atoms with Crippen molar-refractivity contribution in [2.45, 2.75) is 0 Å². The number of hydrogen-bond donors (Lipinski definition) is 2. The van der Waals surface area contributed by atoms with Crippen LogP contribution in [0.2, 0.25) is 5.02 Å². The largest absolute Gasteiger partial charge is 0.465 e. The van der Waals surface area contributed by atoms with Gasteiger partial charge in [-0.15, -0.1) is 0 Å². The van der Waals surface area contributed by atoms with Gasteiger partial charge in [-0.25, -0.2) is 9.59 Å². The van der Waals surface area contributed by atoms with Crippen LogP contribution in [0.4, 0.5) is 16.2 Å². The van der Waals surface area contributed by atoms with Gasteiger partial charge in [0.05, 0.1) is 23.4 Å². The van der Waals surface area contributed by atoms with E-state index in [0.717, 1.165) is 4.47 Å². The van der Waals surface area contributed by atoms with Crippen LogP contribution in [-0.4, -0.2) is 19.1 Å². The average molecular weight is 384 g/mol. The number of urea groups is 1. The molecule has 0 saturated carbocycles. The van der Waals surface area contributed by atoms with Gasteiger partial charge in [0.15, 0.2) is 0 Å². The van der Waals surface area contributed by atoms with Crippen LogP contribution >= 0.6 is 27.5 Å². The van der Waals surface area contributed by atoms with Crippen molar-refractivity contribution in [2.24, 2.45) is 0 Å². The van der Waals surface area contributed by atoms with Crippen LogP contribution in [0.5, 0.6) is 0 Å². The summed E-state index contributed by atoms with van der Waals surface area (Å²) in [5.74, 6) is -0.506. The highest BCUT2D eigenvalue weighted by Gasteiger charge is 2.11. The lowest BCUT2D eigenvalue weighted by Crippen LogP contribution is -2.19. The summed E-state index contributed by atoms with van der Waals surface area (Å²) < 4.78 is 5.54. The Labute approximate surface area is 140 Å². The summed E-state index contributed by atoms with van der Waals surface area (Å²) >= 11 is 9.32. The summed E-state index contributed by atoms with van der Waals surface area (Å²) in [6.45, 7) is 0. The Kier molecular flexibility index (Phi) is 5.41. The smallest absolute Gasteiger partial charge is 0.337 e. The number of benzene rings is 2. The van der Waals surface area contributed by atoms with Crippen molar-refractivity contribution in [3.8, 4) is 0 Å². The van der Waals surface area contributed by atoms with E-state index >= 15 is 0 Å². The topological polar surface area (TPSA) is 67.4 Å². The maximum Gasteiger partial charge on any atom is 0.337 e.